The highest BCUT2D eigenvalue weighted by atomic mass is 127. The molecule has 0 radical (unpaired) electrons. The van der Waals surface area contributed by atoms with Crippen LogP contribution in [0.4, 0.5) is 5.13 Å². The van der Waals surface area contributed by atoms with E-state index in [9.17, 15) is 9.59 Å². The van der Waals surface area contributed by atoms with Gasteiger partial charge in [-0.3, -0.25) is 9.59 Å². The third kappa shape index (κ3) is 5.72. The first-order chi connectivity index (χ1) is 19.0. The second-order valence-corrected chi connectivity index (χ2v) is 11.6. The number of alkyl halides is 1. The predicted molar refractivity (Wildman–Crippen MR) is 163 cm³/mol. The van der Waals surface area contributed by atoms with Crippen molar-refractivity contribution in [3.63, 3.8) is 0 Å². The van der Waals surface area contributed by atoms with Crippen molar-refractivity contribution in [3.8, 4) is 0 Å². The number of nitrogens with two attached hydrogens (primary N) is 1. The summed E-state index contributed by atoms with van der Waals surface area (Å²) in [6.07, 6.45) is 6.11. The van der Waals surface area contributed by atoms with Gasteiger partial charge in [0.15, 0.2) is 5.13 Å². The Morgan fingerprint density at radius 1 is 1.21 bits per heavy atom. The van der Waals surface area contributed by atoms with Crippen molar-refractivity contribution in [2.24, 2.45) is 5.16 Å². The minimum absolute atomic E-state index is 0.00475. The van der Waals surface area contributed by atoms with Gasteiger partial charge in [0.1, 0.15) is 18.5 Å². The summed E-state index contributed by atoms with van der Waals surface area (Å²) in [6, 6.07) is 20.0. The number of carbonyl (C=O) groups excluding carboxylic acids is 2. The summed E-state index contributed by atoms with van der Waals surface area (Å²) in [5.74, 6) is -0.719. The minimum atomic E-state index is -0.749. The summed E-state index contributed by atoms with van der Waals surface area (Å²) >= 11 is 4.92. The van der Waals surface area contributed by atoms with E-state index in [-0.39, 0.29) is 39.1 Å². The van der Waals surface area contributed by atoms with Gasteiger partial charge in [-0.25, -0.2) is 0 Å². The Labute approximate surface area is 247 Å². The van der Waals surface area contributed by atoms with Crippen LogP contribution in [0.3, 0.4) is 0 Å². The van der Waals surface area contributed by atoms with Gasteiger partial charge in [-0.15, -0.1) is 11.8 Å². The van der Waals surface area contributed by atoms with Gasteiger partial charge in [-0.2, -0.15) is 9.36 Å². The molecule has 12 heteroatoms. The van der Waals surface area contributed by atoms with Crippen molar-refractivity contribution in [1.82, 2.24) is 19.6 Å². The number of hydrogen-bond donors (Lipinski definition) is 2. The van der Waals surface area contributed by atoms with Crippen LogP contribution in [0, 0.1) is 0 Å². The first kappa shape index (κ1) is 27.3. The number of nitrogens with one attached hydrogen (secondary N) is 1. The number of anilines is 1. The lowest BCUT2D eigenvalue weighted by molar-refractivity contribution is -0.143. The van der Waals surface area contributed by atoms with Gasteiger partial charge >= 0.3 is 0 Å². The summed E-state index contributed by atoms with van der Waals surface area (Å²) in [6.45, 7) is 0. The quantitative estimate of drug-likeness (QED) is 0.116. The zero-order valence-corrected chi connectivity index (χ0v) is 24.6. The van der Waals surface area contributed by atoms with Gasteiger partial charge in [-0.1, -0.05) is 101 Å². The lowest BCUT2D eigenvalue weighted by atomic mass is 9.85. The van der Waals surface area contributed by atoms with Gasteiger partial charge in [-0.05, 0) is 16.7 Å². The number of carbonyl (C=O) groups is 2. The fourth-order valence-corrected chi connectivity index (χ4v) is 7.03. The summed E-state index contributed by atoms with van der Waals surface area (Å²) in [4.78, 5) is 37.0. The van der Waals surface area contributed by atoms with E-state index in [4.69, 9.17) is 10.6 Å². The van der Waals surface area contributed by atoms with E-state index < -0.39 is 11.9 Å². The van der Waals surface area contributed by atoms with Crippen LogP contribution < -0.4 is 11.1 Å². The van der Waals surface area contributed by atoms with Crippen LogP contribution in [-0.2, 0) is 14.4 Å². The number of hydrogen-bond acceptors (Lipinski definition) is 9. The molecule has 2 amide bonds. The van der Waals surface area contributed by atoms with E-state index in [2.05, 4.69) is 78.8 Å². The Bertz CT molecular complexity index is 1390. The Morgan fingerprint density at radius 2 is 1.87 bits per heavy atom. The Morgan fingerprint density at radius 3 is 2.44 bits per heavy atom. The van der Waals surface area contributed by atoms with Crippen molar-refractivity contribution in [1.29, 1.82) is 0 Å². The van der Waals surface area contributed by atoms with Crippen LogP contribution >= 0.6 is 45.9 Å². The molecule has 1 fully saturated rings. The van der Waals surface area contributed by atoms with E-state index in [1.165, 1.54) is 18.2 Å². The van der Waals surface area contributed by atoms with Crippen molar-refractivity contribution in [2.45, 2.75) is 22.6 Å². The monoisotopic (exact) mass is 672 g/mol. The zero-order chi connectivity index (χ0) is 27.4. The van der Waals surface area contributed by atoms with Gasteiger partial charge in [0.25, 0.3) is 11.8 Å². The van der Waals surface area contributed by atoms with E-state index in [0.717, 1.165) is 21.5 Å². The second kappa shape index (κ2) is 12.3. The molecule has 2 aliphatic heterocycles. The summed E-state index contributed by atoms with van der Waals surface area (Å²) in [7, 11) is 1.32. The number of aromatic nitrogens is 2. The number of nitrogen functional groups attached to an aromatic ring is 1. The first-order valence-electron chi connectivity index (χ1n) is 12.0. The third-order valence-corrected chi connectivity index (χ3v) is 9.01. The maximum Gasteiger partial charge on any atom is 0.278 e. The highest BCUT2D eigenvalue weighted by Crippen LogP contribution is 2.48. The van der Waals surface area contributed by atoms with Crippen LogP contribution in [0.15, 0.2) is 89.7 Å². The molecule has 2 unspecified atom stereocenters. The van der Waals surface area contributed by atoms with Crippen LogP contribution in [0.5, 0.6) is 0 Å². The molecule has 0 saturated carbocycles. The summed E-state index contributed by atoms with van der Waals surface area (Å²) in [5.41, 5.74) is 8.95. The molecular weight excluding hydrogens is 647 g/mol. The molecule has 2 aromatic carbocycles. The van der Waals surface area contributed by atoms with Crippen molar-refractivity contribution >= 4 is 68.5 Å². The highest BCUT2D eigenvalue weighted by Gasteiger charge is 2.52. The van der Waals surface area contributed by atoms with Crippen LogP contribution in [0.1, 0.15) is 22.9 Å². The molecule has 0 aliphatic carbocycles. The largest absolute Gasteiger partial charge is 0.398 e. The number of allylic oxidation sites excluding steroid dienone is 2. The van der Waals surface area contributed by atoms with E-state index in [0.29, 0.717) is 0 Å². The number of thioether (sulfide) groups is 1. The maximum atomic E-state index is 13.2. The third-order valence-electron chi connectivity index (χ3n) is 6.34. The van der Waals surface area contributed by atoms with Gasteiger partial charge < -0.3 is 20.8 Å². The zero-order valence-electron chi connectivity index (χ0n) is 20.8. The number of β-lactam (4-membered cyclic amide) rings is 1. The number of nitrogens with zero attached hydrogens (tertiary/aromatic N) is 4. The molecule has 1 aromatic heterocycles. The van der Waals surface area contributed by atoms with Crippen molar-refractivity contribution < 1.29 is 14.4 Å². The maximum absolute atomic E-state index is 13.2. The molecule has 39 heavy (non-hydrogen) atoms. The molecule has 0 bridgehead atoms. The Hall–Kier alpha value is -3.23. The topological polar surface area (TPSA) is 123 Å². The Kier molecular flexibility index (Phi) is 8.63. The average Bonchev–Trinajstić information content (AvgIpc) is 3.40. The van der Waals surface area contributed by atoms with E-state index in [1.54, 1.807) is 16.7 Å². The number of benzene rings is 2. The number of amides is 2. The minimum Gasteiger partial charge on any atom is -0.398 e. The smallest absolute Gasteiger partial charge is 0.278 e. The molecule has 2 aliphatic rings. The lowest BCUT2D eigenvalue weighted by Crippen LogP contribution is -2.69. The second-order valence-electron chi connectivity index (χ2n) is 8.71. The number of rotatable bonds is 9. The van der Waals surface area contributed by atoms with Gasteiger partial charge in [0.2, 0.25) is 11.5 Å². The molecule has 3 heterocycles. The Balaban J connectivity index is 1.47. The number of fused-ring (bicyclic) bond motifs is 1. The predicted octanol–water partition coefficient (Wildman–Crippen LogP) is 3.95. The van der Waals surface area contributed by atoms with Crippen LogP contribution in [0.2, 0.25) is 0 Å². The molecular formula is C27H25IN6O3S2. The molecule has 3 aromatic rings. The summed E-state index contributed by atoms with van der Waals surface area (Å²) in [5, 5.41) is 6.52. The molecule has 0 spiro atoms. The molecule has 200 valence electrons. The van der Waals surface area contributed by atoms with E-state index in [1.807, 2.05) is 42.6 Å². The lowest BCUT2D eigenvalue weighted by Gasteiger charge is -2.50. The highest BCUT2D eigenvalue weighted by molar-refractivity contribution is 14.1. The standard InChI is InChI=1S/C27H25IN6O3S2/c1-37-32-20(23-31-27(29)39-33-23)24(35)30-21-25(36)34-15-18(13-8-14-28)22(38-26(21)34)19(16-9-4-2-5-10-16)17-11-6-3-7-12-17/h2-13,15,19,21-22,26H,14H2,1H3,(H,30,35)(H2,29,31,33)/t21?,22?,26-/m1/s1. The molecule has 5 rings (SSSR count). The number of oxime groups is 1. The molecule has 1 saturated heterocycles. The van der Waals surface area contributed by atoms with E-state index >= 15 is 0 Å². The van der Waals surface area contributed by atoms with Crippen molar-refractivity contribution in [3.05, 3.63) is 102 Å². The van der Waals surface area contributed by atoms with Crippen LogP contribution in [0.25, 0.3) is 0 Å². The number of halogens is 1. The SMILES string of the molecule is CON=C(C(=O)NC1C(=O)N2C=C(C=CCI)C(C(c3ccccc3)c3ccccc3)S[C@H]12)c1nsc(N)n1. The average molecular weight is 673 g/mol. The van der Waals surface area contributed by atoms with Gasteiger partial charge in [0, 0.05) is 33.3 Å². The molecule has 3 atom stereocenters. The first-order valence-corrected chi connectivity index (χ1v) is 15.3. The normalized spacial score (nSPS) is 20.9. The van der Waals surface area contributed by atoms with Gasteiger partial charge in [0.05, 0.1) is 0 Å². The molecule has 3 N–H and O–H groups in total. The fraction of sp³-hybridized carbons (Fsp3) is 0.222. The van der Waals surface area contributed by atoms with Crippen LogP contribution in [-0.4, -0.2) is 60.0 Å². The summed E-state index contributed by atoms with van der Waals surface area (Å²) < 4.78 is 4.91. The molecule has 9 nitrogen and oxygen atoms in total. The fourth-order valence-electron chi connectivity index (χ4n) is 4.63. The van der Waals surface area contributed by atoms with Crippen molar-refractivity contribution in [2.75, 3.05) is 17.3 Å².